The van der Waals surface area contributed by atoms with Crippen molar-refractivity contribution in [1.29, 1.82) is 0 Å². The second kappa shape index (κ2) is 5.24. The predicted molar refractivity (Wildman–Crippen MR) is 53.4 cm³/mol. The largest absolute Gasteiger partial charge is 0.455 e. The number of aryl methyl sites for hydroxylation is 1. The van der Waals surface area contributed by atoms with Gasteiger partial charge in [-0.2, -0.15) is 26.3 Å². The van der Waals surface area contributed by atoms with Gasteiger partial charge in [-0.15, -0.1) is 0 Å². The van der Waals surface area contributed by atoms with E-state index >= 15 is 0 Å². The number of rotatable bonds is 3. The SMILES string of the molecule is Cc1nc(OC(C(F)(F)F)C(F)(F)F)ccc1CN. The maximum Gasteiger partial charge on any atom is 0.434 e. The molecule has 108 valence electrons. The van der Waals surface area contributed by atoms with Crippen LogP contribution in [0, 0.1) is 6.92 Å². The molecule has 2 N–H and O–H groups in total. The number of halogens is 6. The Kier molecular flexibility index (Phi) is 4.28. The third-order valence-electron chi connectivity index (χ3n) is 2.22. The lowest BCUT2D eigenvalue weighted by atomic mass is 10.2. The van der Waals surface area contributed by atoms with Crippen molar-refractivity contribution < 1.29 is 31.1 Å². The number of hydrogen-bond donors (Lipinski definition) is 1. The molecule has 0 fully saturated rings. The fraction of sp³-hybridized carbons (Fsp3) is 0.500. The minimum atomic E-state index is -5.57. The average Bonchev–Trinajstić information content (AvgIpc) is 2.23. The summed E-state index contributed by atoms with van der Waals surface area (Å²) in [7, 11) is 0. The topological polar surface area (TPSA) is 48.1 Å². The first-order valence-electron chi connectivity index (χ1n) is 5.02. The Balaban J connectivity index is 3.01. The zero-order chi connectivity index (χ0) is 14.8. The van der Waals surface area contributed by atoms with Gasteiger partial charge in [-0.1, -0.05) is 6.07 Å². The van der Waals surface area contributed by atoms with Crippen LogP contribution in [0.1, 0.15) is 11.3 Å². The maximum absolute atomic E-state index is 12.3. The van der Waals surface area contributed by atoms with E-state index in [0.717, 1.165) is 6.07 Å². The number of ether oxygens (including phenoxy) is 1. The van der Waals surface area contributed by atoms with E-state index in [0.29, 0.717) is 5.56 Å². The first-order valence-corrected chi connectivity index (χ1v) is 5.02. The molecule has 0 bridgehead atoms. The van der Waals surface area contributed by atoms with E-state index in [2.05, 4.69) is 9.72 Å². The molecule has 0 aliphatic carbocycles. The van der Waals surface area contributed by atoms with Gasteiger partial charge in [0, 0.05) is 18.3 Å². The standard InChI is InChI=1S/C10H10F6N2O/c1-5-6(4-17)2-3-7(18-5)19-8(9(11,12)13)10(14,15)16/h2-3,8H,4,17H2,1H3. The van der Waals surface area contributed by atoms with Gasteiger partial charge in [0.25, 0.3) is 6.10 Å². The molecular weight excluding hydrogens is 278 g/mol. The first-order chi connectivity index (χ1) is 8.55. The second-order valence-electron chi connectivity index (χ2n) is 3.68. The van der Waals surface area contributed by atoms with Crippen molar-refractivity contribution in [2.24, 2.45) is 5.73 Å². The van der Waals surface area contributed by atoms with Crippen LogP contribution in [0.5, 0.6) is 5.88 Å². The van der Waals surface area contributed by atoms with Crippen molar-refractivity contribution in [3.8, 4) is 5.88 Å². The zero-order valence-corrected chi connectivity index (χ0v) is 9.64. The number of nitrogens with two attached hydrogens (primary N) is 1. The highest BCUT2D eigenvalue weighted by Gasteiger charge is 2.59. The molecular formula is C10H10F6N2O. The third-order valence-corrected chi connectivity index (χ3v) is 2.22. The fourth-order valence-electron chi connectivity index (χ4n) is 1.29. The summed E-state index contributed by atoms with van der Waals surface area (Å²) in [5.41, 5.74) is 6.01. The van der Waals surface area contributed by atoms with Crippen molar-refractivity contribution in [2.45, 2.75) is 31.9 Å². The number of alkyl halides is 6. The molecule has 0 spiro atoms. The van der Waals surface area contributed by atoms with Crippen molar-refractivity contribution in [2.75, 3.05) is 0 Å². The molecule has 0 saturated carbocycles. The number of pyridine rings is 1. The molecule has 3 nitrogen and oxygen atoms in total. The first kappa shape index (κ1) is 15.5. The van der Waals surface area contributed by atoms with Gasteiger partial charge in [0.15, 0.2) is 0 Å². The molecule has 19 heavy (non-hydrogen) atoms. The Morgan fingerprint density at radius 2 is 1.68 bits per heavy atom. The average molecular weight is 288 g/mol. The molecule has 0 atom stereocenters. The van der Waals surface area contributed by atoms with E-state index < -0.39 is 24.3 Å². The number of hydrogen-bond acceptors (Lipinski definition) is 3. The quantitative estimate of drug-likeness (QED) is 0.870. The summed E-state index contributed by atoms with van der Waals surface area (Å²) in [4.78, 5) is 3.51. The highest BCUT2D eigenvalue weighted by molar-refractivity contribution is 5.25. The van der Waals surface area contributed by atoms with E-state index in [9.17, 15) is 26.3 Å². The smallest absolute Gasteiger partial charge is 0.434 e. The molecule has 1 heterocycles. The van der Waals surface area contributed by atoms with Crippen LogP contribution in [0.3, 0.4) is 0 Å². The summed E-state index contributed by atoms with van der Waals surface area (Å²) in [6.07, 6.45) is -15.0. The third kappa shape index (κ3) is 3.98. The molecule has 0 unspecified atom stereocenters. The second-order valence-corrected chi connectivity index (χ2v) is 3.68. The van der Waals surface area contributed by atoms with Crippen molar-refractivity contribution >= 4 is 0 Å². The van der Waals surface area contributed by atoms with Gasteiger partial charge in [-0.25, -0.2) is 4.98 Å². The summed E-state index contributed by atoms with van der Waals surface area (Å²) in [5, 5.41) is 0. The summed E-state index contributed by atoms with van der Waals surface area (Å²) in [5.74, 6) is -0.755. The summed E-state index contributed by atoms with van der Waals surface area (Å²) >= 11 is 0. The normalized spacial score (nSPS) is 12.9. The number of nitrogens with zero attached hydrogens (tertiary/aromatic N) is 1. The van der Waals surface area contributed by atoms with Crippen LogP contribution in [0.2, 0.25) is 0 Å². The molecule has 0 amide bonds. The lowest BCUT2D eigenvalue weighted by molar-refractivity contribution is -0.300. The number of aromatic nitrogens is 1. The Morgan fingerprint density at radius 1 is 1.16 bits per heavy atom. The highest BCUT2D eigenvalue weighted by Crippen LogP contribution is 2.36. The van der Waals surface area contributed by atoms with E-state index in [1.165, 1.54) is 13.0 Å². The van der Waals surface area contributed by atoms with Gasteiger partial charge in [0.05, 0.1) is 0 Å². The van der Waals surface area contributed by atoms with Crippen LogP contribution in [-0.2, 0) is 6.54 Å². The Labute approximate surface area is 104 Å². The van der Waals surface area contributed by atoms with Crippen molar-refractivity contribution in [3.05, 3.63) is 23.4 Å². The van der Waals surface area contributed by atoms with E-state index in [1.54, 1.807) is 0 Å². The monoisotopic (exact) mass is 288 g/mol. The molecule has 1 aromatic heterocycles. The molecule has 0 aliphatic heterocycles. The van der Waals surface area contributed by atoms with Crippen LogP contribution >= 0.6 is 0 Å². The van der Waals surface area contributed by atoms with Crippen LogP contribution in [-0.4, -0.2) is 23.4 Å². The van der Waals surface area contributed by atoms with Crippen LogP contribution in [0.15, 0.2) is 12.1 Å². The molecule has 0 aromatic carbocycles. The van der Waals surface area contributed by atoms with Gasteiger partial charge < -0.3 is 10.5 Å². The van der Waals surface area contributed by atoms with Crippen LogP contribution in [0.4, 0.5) is 26.3 Å². The van der Waals surface area contributed by atoms with Gasteiger partial charge in [0.1, 0.15) is 0 Å². The molecule has 1 aromatic rings. The van der Waals surface area contributed by atoms with Crippen molar-refractivity contribution in [3.63, 3.8) is 0 Å². The van der Waals surface area contributed by atoms with Crippen molar-refractivity contribution in [1.82, 2.24) is 4.98 Å². The van der Waals surface area contributed by atoms with Gasteiger partial charge in [-0.05, 0) is 12.5 Å². The highest BCUT2D eigenvalue weighted by atomic mass is 19.4. The van der Waals surface area contributed by atoms with Gasteiger partial charge in [-0.3, -0.25) is 0 Å². The van der Waals surface area contributed by atoms with Crippen LogP contribution < -0.4 is 10.5 Å². The molecule has 0 saturated heterocycles. The lowest BCUT2D eigenvalue weighted by Crippen LogP contribution is -2.46. The van der Waals surface area contributed by atoms with E-state index in [4.69, 9.17) is 5.73 Å². The van der Waals surface area contributed by atoms with Gasteiger partial charge in [0.2, 0.25) is 5.88 Å². The molecule has 0 aliphatic rings. The molecule has 1 rings (SSSR count). The summed E-state index contributed by atoms with van der Waals surface area (Å²) < 4.78 is 77.5. The lowest BCUT2D eigenvalue weighted by Gasteiger charge is -2.23. The van der Waals surface area contributed by atoms with E-state index in [-0.39, 0.29) is 12.2 Å². The fourth-order valence-corrected chi connectivity index (χ4v) is 1.29. The Hall–Kier alpha value is -1.51. The molecule has 0 radical (unpaired) electrons. The maximum atomic E-state index is 12.3. The molecule has 9 heteroatoms. The summed E-state index contributed by atoms with van der Waals surface area (Å²) in [6.45, 7) is 1.48. The van der Waals surface area contributed by atoms with Gasteiger partial charge >= 0.3 is 12.4 Å². The minimum absolute atomic E-state index is 0.0705. The Morgan fingerprint density at radius 3 is 2.05 bits per heavy atom. The summed E-state index contributed by atoms with van der Waals surface area (Å²) in [6, 6.07) is 2.18. The van der Waals surface area contributed by atoms with Crippen LogP contribution in [0.25, 0.3) is 0 Å². The van der Waals surface area contributed by atoms with E-state index in [1.807, 2.05) is 0 Å². The Bertz CT molecular complexity index is 429. The predicted octanol–water partition coefficient (Wildman–Crippen LogP) is 2.72. The minimum Gasteiger partial charge on any atom is -0.455 e. The zero-order valence-electron chi connectivity index (χ0n) is 9.64.